The van der Waals surface area contributed by atoms with E-state index in [4.69, 9.17) is 4.74 Å². The van der Waals surface area contributed by atoms with Gasteiger partial charge in [-0.25, -0.2) is 9.78 Å². The van der Waals surface area contributed by atoms with Gasteiger partial charge in [-0.15, -0.1) is 0 Å². The summed E-state index contributed by atoms with van der Waals surface area (Å²) in [5.74, 6) is -0.370. The molecule has 8 heteroatoms. The average Bonchev–Trinajstić information content (AvgIpc) is 2.66. The van der Waals surface area contributed by atoms with Crippen molar-refractivity contribution in [1.29, 1.82) is 0 Å². The maximum Gasteiger partial charge on any atom is 0.408 e. The number of anilines is 1. The predicted molar refractivity (Wildman–Crippen MR) is 119 cm³/mol. The minimum atomic E-state index is -0.882. The number of pyridine rings is 1. The van der Waals surface area contributed by atoms with Gasteiger partial charge in [0.25, 0.3) is 0 Å². The van der Waals surface area contributed by atoms with E-state index in [1.54, 1.807) is 33.0 Å². The summed E-state index contributed by atoms with van der Waals surface area (Å²) in [6.45, 7) is 6.95. The Morgan fingerprint density at radius 2 is 1.81 bits per heavy atom. The molecule has 31 heavy (non-hydrogen) atoms. The fourth-order valence-electron chi connectivity index (χ4n) is 2.85. The van der Waals surface area contributed by atoms with Gasteiger partial charge in [-0.2, -0.15) is 0 Å². The number of carbonyl (C=O) groups is 3. The average molecular weight is 427 g/mol. The number of nitrogens with zero attached hydrogens (tertiary/aromatic N) is 2. The van der Waals surface area contributed by atoms with E-state index in [9.17, 15) is 14.4 Å². The highest BCUT2D eigenvalue weighted by molar-refractivity contribution is 5.95. The molecule has 1 heterocycles. The van der Waals surface area contributed by atoms with Crippen molar-refractivity contribution >= 4 is 23.7 Å². The summed E-state index contributed by atoms with van der Waals surface area (Å²) < 4.78 is 5.30. The topological polar surface area (TPSA) is 101 Å². The molecule has 0 aliphatic rings. The standard InChI is InChI=1S/C23H30N4O4/c1-16-11-12-24-19(13-16)26-20(28)15-27(5)21(29)18(14-17-9-7-6-8-10-17)25-22(30)31-23(2,3)4/h6-13,18H,14-15H2,1-5H3,(H,25,30)(H,24,26,28). The summed E-state index contributed by atoms with van der Waals surface area (Å²) in [6.07, 6.45) is 1.17. The largest absolute Gasteiger partial charge is 0.444 e. The Hall–Kier alpha value is -3.42. The number of aryl methyl sites for hydroxylation is 1. The Bertz CT molecular complexity index is 909. The highest BCUT2D eigenvalue weighted by Gasteiger charge is 2.27. The van der Waals surface area contributed by atoms with E-state index in [1.807, 2.05) is 43.3 Å². The van der Waals surface area contributed by atoms with Crippen LogP contribution in [0.15, 0.2) is 48.7 Å². The molecule has 3 amide bonds. The molecule has 0 spiro atoms. The molecule has 2 N–H and O–H groups in total. The molecule has 0 saturated heterocycles. The van der Waals surface area contributed by atoms with Crippen molar-refractivity contribution in [3.8, 4) is 0 Å². The lowest BCUT2D eigenvalue weighted by atomic mass is 10.0. The third kappa shape index (κ3) is 8.46. The molecule has 0 bridgehead atoms. The molecule has 0 radical (unpaired) electrons. The number of carbonyl (C=O) groups excluding carboxylic acids is 3. The van der Waals surface area contributed by atoms with E-state index in [0.717, 1.165) is 11.1 Å². The van der Waals surface area contributed by atoms with Crippen LogP contribution in [0.4, 0.5) is 10.6 Å². The van der Waals surface area contributed by atoms with E-state index in [1.165, 1.54) is 11.9 Å². The van der Waals surface area contributed by atoms with Gasteiger partial charge in [0.1, 0.15) is 17.5 Å². The second-order valence-electron chi connectivity index (χ2n) is 8.35. The lowest BCUT2D eigenvalue weighted by Crippen LogP contribution is -2.51. The lowest BCUT2D eigenvalue weighted by Gasteiger charge is -2.26. The van der Waals surface area contributed by atoms with Crippen molar-refractivity contribution in [3.63, 3.8) is 0 Å². The summed E-state index contributed by atoms with van der Waals surface area (Å²) in [4.78, 5) is 43.1. The maximum atomic E-state index is 13.1. The fraction of sp³-hybridized carbons (Fsp3) is 0.391. The van der Waals surface area contributed by atoms with Crippen LogP contribution >= 0.6 is 0 Å². The van der Waals surface area contributed by atoms with Crippen molar-refractivity contribution in [1.82, 2.24) is 15.2 Å². The first kappa shape index (κ1) is 23.9. The van der Waals surface area contributed by atoms with Gasteiger partial charge >= 0.3 is 6.09 Å². The molecule has 1 aromatic heterocycles. The molecule has 0 aliphatic carbocycles. The van der Waals surface area contributed by atoms with Crippen molar-refractivity contribution < 1.29 is 19.1 Å². The third-order valence-corrected chi connectivity index (χ3v) is 4.21. The number of amides is 3. The second-order valence-corrected chi connectivity index (χ2v) is 8.35. The normalized spacial score (nSPS) is 11.9. The molecular formula is C23H30N4O4. The molecule has 1 atom stereocenters. The van der Waals surface area contributed by atoms with Gasteiger partial charge in [-0.05, 0) is 51.0 Å². The van der Waals surface area contributed by atoms with Gasteiger partial charge < -0.3 is 20.3 Å². The Kier molecular flexibility index (Phi) is 8.13. The summed E-state index contributed by atoms with van der Waals surface area (Å²) in [6, 6.07) is 12.0. The van der Waals surface area contributed by atoms with Crippen molar-refractivity contribution in [2.75, 3.05) is 18.9 Å². The minimum absolute atomic E-state index is 0.185. The molecule has 0 fully saturated rings. The molecule has 1 unspecified atom stereocenters. The smallest absolute Gasteiger partial charge is 0.408 e. The lowest BCUT2D eigenvalue weighted by molar-refractivity contribution is -0.135. The van der Waals surface area contributed by atoms with Crippen LogP contribution in [0.5, 0.6) is 0 Å². The van der Waals surface area contributed by atoms with Crippen LogP contribution in [0, 0.1) is 6.92 Å². The van der Waals surface area contributed by atoms with Crippen LogP contribution in [-0.4, -0.2) is 53.0 Å². The van der Waals surface area contributed by atoms with Gasteiger partial charge in [0.2, 0.25) is 11.8 Å². The summed E-state index contributed by atoms with van der Waals surface area (Å²) in [7, 11) is 1.51. The van der Waals surface area contributed by atoms with E-state index < -0.39 is 23.6 Å². The minimum Gasteiger partial charge on any atom is -0.444 e. The Morgan fingerprint density at radius 3 is 2.42 bits per heavy atom. The number of rotatable bonds is 7. The summed E-state index contributed by atoms with van der Waals surface area (Å²) >= 11 is 0. The van der Waals surface area contributed by atoms with Gasteiger partial charge in [-0.3, -0.25) is 9.59 Å². The van der Waals surface area contributed by atoms with E-state index in [-0.39, 0.29) is 18.9 Å². The number of hydrogen-bond donors (Lipinski definition) is 2. The highest BCUT2D eigenvalue weighted by Crippen LogP contribution is 2.10. The molecule has 0 aliphatic heterocycles. The number of nitrogens with one attached hydrogen (secondary N) is 2. The molecule has 166 valence electrons. The molecular weight excluding hydrogens is 396 g/mol. The summed E-state index contributed by atoms with van der Waals surface area (Å²) in [5.41, 5.74) is 1.13. The summed E-state index contributed by atoms with van der Waals surface area (Å²) in [5, 5.41) is 5.31. The monoisotopic (exact) mass is 426 g/mol. The van der Waals surface area contributed by atoms with Crippen LogP contribution in [0.2, 0.25) is 0 Å². The zero-order valence-electron chi connectivity index (χ0n) is 18.6. The molecule has 2 rings (SSSR count). The fourth-order valence-corrected chi connectivity index (χ4v) is 2.85. The van der Waals surface area contributed by atoms with Gasteiger partial charge in [0, 0.05) is 19.7 Å². The van der Waals surface area contributed by atoms with Gasteiger partial charge in [-0.1, -0.05) is 30.3 Å². The van der Waals surface area contributed by atoms with Crippen molar-refractivity contribution in [2.24, 2.45) is 0 Å². The van der Waals surface area contributed by atoms with Crippen LogP contribution in [0.1, 0.15) is 31.9 Å². The SMILES string of the molecule is Cc1ccnc(NC(=O)CN(C)C(=O)C(Cc2ccccc2)NC(=O)OC(C)(C)C)c1. The number of ether oxygens (including phenoxy) is 1. The zero-order chi connectivity index (χ0) is 23.0. The first-order valence-corrected chi connectivity index (χ1v) is 10.0. The van der Waals surface area contributed by atoms with Crippen LogP contribution in [-0.2, 0) is 20.7 Å². The number of aromatic nitrogens is 1. The molecule has 1 aromatic carbocycles. The van der Waals surface area contributed by atoms with E-state index >= 15 is 0 Å². The maximum absolute atomic E-state index is 13.1. The Morgan fingerprint density at radius 1 is 1.13 bits per heavy atom. The van der Waals surface area contributed by atoms with E-state index in [0.29, 0.717) is 5.82 Å². The van der Waals surface area contributed by atoms with E-state index in [2.05, 4.69) is 15.6 Å². The molecule has 2 aromatic rings. The highest BCUT2D eigenvalue weighted by atomic mass is 16.6. The third-order valence-electron chi connectivity index (χ3n) is 4.21. The van der Waals surface area contributed by atoms with Crippen LogP contribution < -0.4 is 10.6 Å². The molecule has 0 saturated carbocycles. The van der Waals surface area contributed by atoms with Crippen molar-refractivity contribution in [3.05, 3.63) is 59.8 Å². The molecule has 8 nitrogen and oxygen atoms in total. The van der Waals surface area contributed by atoms with Crippen LogP contribution in [0.25, 0.3) is 0 Å². The number of likely N-dealkylation sites (N-methyl/N-ethyl adjacent to an activating group) is 1. The predicted octanol–water partition coefficient (Wildman–Crippen LogP) is 2.92. The Labute approximate surface area is 183 Å². The number of hydrogen-bond acceptors (Lipinski definition) is 5. The Balaban J connectivity index is 2.06. The quantitative estimate of drug-likeness (QED) is 0.709. The second kappa shape index (κ2) is 10.6. The first-order chi connectivity index (χ1) is 14.5. The number of alkyl carbamates (subject to hydrolysis) is 1. The number of benzene rings is 1. The first-order valence-electron chi connectivity index (χ1n) is 10.0. The van der Waals surface area contributed by atoms with Gasteiger partial charge in [0.05, 0.1) is 6.54 Å². The van der Waals surface area contributed by atoms with Crippen molar-refractivity contribution in [2.45, 2.75) is 45.8 Å². The zero-order valence-corrected chi connectivity index (χ0v) is 18.6. The van der Waals surface area contributed by atoms with Gasteiger partial charge in [0.15, 0.2) is 0 Å². The van der Waals surface area contributed by atoms with Crippen LogP contribution in [0.3, 0.4) is 0 Å².